The number of anilines is 1. The van der Waals surface area contributed by atoms with Crippen molar-refractivity contribution >= 4 is 23.2 Å². The number of carbonyl (C=O) groups is 1. The van der Waals surface area contributed by atoms with E-state index in [1.807, 2.05) is 30.3 Å². The van der Waals surface area contributed by atoms with Gasteiger partial charge in [-0.2, -0.15) is 0 Å². The molecular formula is C23H26ClNO5. The molecule has 30 heavy (non-hydrogen) atoms. The van der Waals surface area contributed by atoms with Crippen molar-refractivity contribution in [3.8, 4) is 11.5 Å². The second-order valence-electron chi connectivity index (χ2n) is 7.38. The first-order valence-corrected chi connectivity index (χ1v) is 10.7. The summed E-state index contributed by atoms with van der Waals surface area (Å²) in [6.45, 7) is 3.99. The molecule has 0 unspecified atom stereocenters. The third kappa shape index (κ3) is 3.64. The Bertz CT molecular complexity index is 926. The number of benzene rings is 2. The summed E-state index contributed by atoms with van der Waals surface area (Å²) in [5.41, 5.74) is 2.18. The third-order valence-corrected chi connectivity index (χ3v) is 5.67. The van der Waals surface area contributed by atoms with Gasteiger partial charge in [0, 0.05) is 5.56 Å². The minimum absolute atomic E-state index is 0.257. The van der Waals surface area contributed by atoms with Crippen molar-refractivity contribution in [2.24, 2.45) is 0 Å². The highest BCUT2D eigenvalue weighted by molar-refractivity contribution is 6.35. The zero-order chi connectivity index (χ0) is 21.1. The highest BCUT2D eigenvalue weighted by Gasteiger charge is 2.55. The van der Waals surface area contributed by atoms with Gasteiger partial charge in [-0.1, -0.05) is 43.1 Å². The number of carbonyl (C=O) groups excluding carboxylic acids is 1. The molecule has 160 valence electrons. The molecule has 2 aliphatic heterocycles. The number of amides is 1. The van der Waals surface area contributed by atoms with Gasteiger partial charge in [-0.25, -0.2) is 0 Å². The van der Waals surface area contributed by atoms with E-state index in [0.29, 0.717) is 54.1 Å². The molecule has 0 aromatic heterocycles. The number of methoxy groups -OCH3 is 1. The van der Waals surface area contributed by atoms with Gasteiger partial charge < -0.3 is 23.8 Å². The monoisotopic (exact) mass is 431 g/mol. The van der Waals surface area contributed by atoms with Crippen LogP contribution in [0.1, 0.15) is 37.3 Å². The molecule has 2 aromatic rings. The Hall–Kier alpha value is -2.28. The van der Waals surface area contributed by atoms with Crippen LogP contribution in [0.15, 0.2) is 36.4 Å². The summed E-state index contributed by atoms with van der Waals surface area (Å²) in [6.07, 6.45) is 2.79. The Labute approximate surface area is 181 Å². The van der Waals surface area contributed by atoms with Gasteiger partial charge in [0.1, 0.15) is 0 Å². The maximum absolute atomic E-state index is 13.5. The molecule has 1 spiro atoms. The molecule has 0 aliphatic carbocycles. The largest absolute Gasteiger partial charge is 0.493 e. The second kappa shape index (κ2) is 8.84. The average molecular weight is 432 g/mol. The summed E-state index contributed by atoms with van der Waals surface area (Å²) < 4.78 is 23.1. The van der Waals surface area contributed by atoms with Crippen molar-refractivity contribution in [3.63, 3.8) is 0 Å². The molecule has 6 nitrogen and oxygen atoms in total. The predicted octanol–water partition coefficient (Wildman–Crippen LogP) is 4.66. The Morgan fingerprint density at radius 1 is 1.17 bits per heavy atom. The predicted molar refractivity (Wildman–Crippen MR) is 114 cm³/mol. The smallest absolute Gasteiger partial charge is 0.292 e. The van der Waals surface area contributed by atoms with Crippen LogP contribution in [0.2, 0.25) is 5.02 Å². The van der Waals surface area contributed by atoms with E-state index in [-0.39, 0.29) is 5.91 Å². The summed E-state index contributed by atoms with van der Waals surface area (Å²) >= 11 is 6.50. The van der Waals surface area contributed by atoms with Crippen LogP contribution in [0.4, 0.5) is 5.69 Å². The van der Waals surface area contributed by atoms with Crippen LogP contribution in [-0.4, -0.2) is 32.8 Å². The average Bonchev–Trinajstić information content (AvgIpc) is 2.99. The van der Waals surface area contributed by atoms with Gasteiger partial charge in [-0.15, -0.1) is 0 Å². The van der Waals surface area contributed by atoms with Crippen molar-refractivity contribution in [2.45, 2.75) is 38.5 Å². The maximum atomic E-state index is 13.5. The van der Waals surface area contributed by atoms with Crippen molar-refractivity contribution in [3.05, 3.63) is 52.5 Å². The molecule has 0 atom stereocenters. The quantitative estimate of drug-likeness (QED) is 0.596. The fourth-order valence-corrected chi connectivity index (χ4v) is 4.13. The molecule has 2 aliphatic rings. The number of hydrogen-bond donors (Lipinski definition) is 0. The van der Waals surface area contributed by atoms with Crippen LogP contribution in [-0.2, 0) is 26.6 Å². The lowest BCUT2D eigenvalue weighted by Crippen LogP contribution is -2.47. The molecule has 7 heteroatoms. The van der Waals surface area contributed by atoms with Gasteiger partial charge in [0.05, 0.1) is 44.2 Å². The number of ether oxygens (including phenoxy) is 4. The molecule has 1 saturated heterocycles. The number of halogens is 1. The van der Waals surface area contributed by atoms with Crippen molar-refractivity contribution in [1.29, 1.82) is 0 Å². The van der Waals surface area contributed by atoms with E-state index in [4.69, 9.17) is 30.5 Å². The molecule has 0 radical (unpaired) electrons. The molecular weight excluding hydrogens is 406 g/mol. The first-order chi connectivity index (χ1) is 14.6. The van der Waals surface area contributed by atoms with Crippen LogP contribution >= 0.6 is 11.6 Å². The Kier molecular flexibility index (Phi) is 6.18. The van der Waals surface area contributed by atoms with Gasteiger partial charge in [0.25, 0.3) is 11.7 Å². The number of rotatable bonds is 7. The minimum atomic E-state index is -1.41. The first-order valence-electron chi connectivity index (χ1n) is 10.3. The number of fused-ring (bicyclic) bond motifs is 2. The first kappa shape index (κ1) is 21.0. The standard InChI is InChI=1S/C23H26ClNO5/c1-3-4-11-28-19-10-9-16(14-20(19)27-2)15-25-21-17(7-5-8-18(21)24)23(22(25)26)29-12-6-13-30-23/h5,7-10,14H,3-4,6,11-13,15H2,1-2H3. The zero-order valence-corrected chi connectivity index (χ0v) is 18.0. The summed E-state index contributed by atoms with van der Waals surface area (Å²) in [5, 5.41) is 0.488. The third-order valence-electron chi connectivity index (χ3n) is 5.36. The van der Waals surface area contributed by atoms with Crippen molar-refractivity contribution in [1.82, 2.24) is 0 Å². The summed E-state index contributed by atoms with van der Waals surface area (Å²) in [4.78, 5) is 15.1. The molecule has 0 saturated carbocycles. The van der Waals surface area contributed by atoms with Crippen LogP contribution in [0.5, 0.6) is 11.5 Å². The van der Waals surface area contributed by atoms with E-state index >= 15 is 0 Å². The number of nitrogens with zero attached hydrogens (tertiary/aromatic N) is 1. The number of hydrogen-bond acceptors (Lipinski definition) is 5. The van der Waals surface area contributed by atoms with Gasteiger partial charge in [0.2, 0.25) is 0 Å². The van der Waals surface area contributed by atoms with E-state index < -0.39 is 5.79 Å². The van der Waals surface area contributed by atoms with Gasteiger partial charge >= 0.3 is 0 Å². The molecule has 2 aromatic carbocycles. The highest BCUT2D eigenvalue weighted by Crippen LogP contribution is 2.48. The fourth-order valence-electron chi connectivity index (χ4n) is 3.85. The van der Waals surface area contributed by atoms with E-state index in [2.05, 4.69) is 6.92 Å². The lowest BCUT2D eigenvalue weighted by molar-refractivity contribution is -0.256. The van der Waals surface area contributed by atoms with Gasteiger partial charge in [-0.05, 0) is 36.6 Å². The van der Waals surface area contributed by atoms with Gasteiger partial charge in [0.15, 0.2) is 11.5 Å². The molecule has 1 fully saturated rings. The Balaban J connectivity index is 1.64. The topological polar surface area (TPSA) is 57.2 Å². The molecule has 4 rings (SSSR count). The maximum Gasteiger partial charge on any atom is 0.292 e. The minimum Gasteiger partial charge on any atom is -0.493 e. The molecule has 1 amide bonds. The number of unbranched alkanes of at least 4 members (excludes halogenated alkanes) is 1. The van der Waals surface area contributed by atoms with E-state index in [0.717, 1.165) is 24.8 Å². The number of para-hydroxylation sites is 1. The SMILES string of the molecule is CCCCOc1ccc(CN2C(=O)C3(OCCCO3)c3cccc(Cl)c32)cc1OC. The van der Waals surface area contributed by atoms with E-state index in [1.165, 1.54) is 0 Å². The molecule has 0 N–H and O–H groups in total. The second-order valence-corrected chi connectivity index (χ2v) is 7.79. The van der Waals surface area contributed by atoms with Crippen LogP contribution in [0, 0.1) is 0 Å². The fraction of sp³-hybridized carbons (Fsp3) is 0.435. The summed E-state index contributed by atoms with van der Waals surface area (Å²) in [6, 6.07) is 11.1. The molecule has 0 bridgehead atoms. The Morgan fingerprint density at radius 2 is 1.97 bits per heavy atom. The van der Waals surface area contributed by atoms with Crippen LogP contribution in [0.3, 0.4) is 0 Å². The lowest BCUT2D eigenvalue weighted by Gasteiger charge is -2.32. The normalized spacial score (nSPS) is 17.3. The Morgan fingerprint density at radius 3 is 2.70 bits per heavy atom. The molecule has 2 heterocycles. The zero-order valence-electron chi connectivity index (χ0n) is 17.3. The highest BCUT2D eigenvalue weighted by atomic mass is 35.5. The lowest BCUT2D eigenvalue weighted by atomic mass is 10.1. The summed E-state index contributed by atoms with van der Waals surface area (Å²) in [5.74, 6) is -0.343. The van der Waals surface area contributed by atoms with E-state index in [1.54, 1.807) is 18.1 Å². The van der Waals surface area contributed by atoms with Gasteiger partial charge in [-0.3, -0.25) is 4.79 Å². The van der Waals surface area contributed by atoms with Crippen LogP contribution < -0.4 is 14.4 Å². The van der Waals surface area contributed by atoms with E-state index in [9.17, 15) is 4.79 Å². The summed E-state index contributed by atoms with van der Waals surface area (Å²) in [7, 11) is 1.61. The van der Waals surface area contributed by atoms with Crippen LogP contribution in [0.25, 0.3) is 0 Å². The van der Waals surface area contributed by atoms with Crippen molar-refractivity contribution in [2.75, 3.05) is 31.8 Å². The van der Waals surface area contributed by atoms with Crippen molar-refractivity contribution < 1.29 is 23.7 Å².